The lowest BCUT2D eigenvalue weighted by molar-refractivity contribution is -0.143. The van der Waals surface area contributed by atoms with Gasteiger partial charge in [-0.1, -0.05) is 12.1 Å². The second kappa shape index (κ2) is 9.36. The summed E-state index contributed by atoms with van der Waals surface area (Å²) in [5.74, 6) is -0.381. The lowest BCUT2D eigenvalue weighted by Gasteiger charge is -2.32. The molecule has 3 aliphatic heterocycles. The van der Waals surface area contributed by atoms with Crippen LogP contribution in [0.15, 0.2) is 24.4 Å². The van der Waals surface area contributed by atoms with Crippen LogP contribution >= 0.6 is 0 Å². The summed E-state index contributed by atoms with van der Waals surface area (Å²) in [5.41, 5.74) is 1.53. The molecule has 0 aliphatic carbocycles. The standard InChI is InChI=1S/C25H35N5O5Si/c1-16-23(36(2,3)34)21(9-12-29-15-17(10-13-31)27-28-29)35-25(16)19-14-18(7-8-20(19)26-24(25)33)30-11-5-4-6-22(30)32/h7-8,14-16,21,23,31,34H,4-6,9-13H2,1-3H3,(H,26,33)/t16-,21+,23-,25+/m1/s1. The smallest absolute Gasteiger partial charge is 0.261 e. The molecule has 1 spiro atoms. The number of aliphatic hydroxyl groups excluding tert-OH is 1. The molecule has 4 heterocycles. The molecule has 1 aromatic heterocycles. The van der Waals surface area contributed by atoms with Gasteiger partial charge in [-0.05, 0) is 50.6 Å². The van der Waals surface area contributed by atoms with Crippen LogP contribution in [0.4, 0.5) is 11.4 Å². The molecule has 0 unspecified atom stereocenters. The molecule has 10 nitrogen and oxygen atoms in total. The van der Waals surface area contributed by atoms with Crippen LogP contribution in [0.5, 0.6) is 0 Å². The number of hydrogen-bond acceptors (Lipinski definition) is 7. The number of aliphatic hydroxyl groups is 1. The third-order valence-electron chi connectivity index (χ3n) is 7.95. The highest BCUT2D eigenvalue weighted by Crippen LogP contribution is 2.58. The number of nitrogens with one attached hydrogen (secondary N) is 1. The number of nitrogens with zero attached hydrogens (tertiary/aromatic N) is 4. The van der Waals surface area contributed by atoms with Crippen molar-refractivity contribution < 1.29 is 24.2 Å². The average molecular weight is 514 g/mol. The molecule has 3 aliphatic rings. The normalized spacial score (nSPS) is 28.1. The zero-order valence-electron chi connectivity index (χ0n) is 21.1. The zero-order valence-corrected chi connectivity index (χ0v) is 22.1. The molecule has 194 valence electrons. The Morgan fingerprint density at radius 3 is 2.81 bits per heavy atom. The van der Waals surface area contributed by atoms with Crippen molar-refractivity contribution in [1.29, 1.82) is 0 Å². The lowest BCUT2D eigenvalue weighted by atomic mass is 9.82. The van der Waals surface area contributed by atoms with E-state index in [1.165, 1.54) is 0 Å². The minimum atomic E-state index is -2.75. The highest BCUT2D eigenvalue weighted by Gasteiger charge is 2.64. The van der Waals surface area contributed by atoms with Crippen LogP contribution in [0.2, 0.25) is 18.6 Å². The van der Waals surface area contributed by atoms with Gasteiger partial charge in [-0.15, -0.1) is 5.10 Å². The van der Waals surface area contributed by atoms with Crippen LogP contribution in [-0.4, -0.2) is 64.3 Å². The number of carbonyl (C=O) groups excluding carboxylic acids is 2. The van der Waals surface area contributed by atoms with E-state index in [4.69, 9.17) is 9.84 Å². The van der Waals surface area contributed by atoms with E-state index in [-0.39, 0.29) is 36.0 Å². The van der Waals surface area contributed by atoms with Crippen molar-refractivity contribution in [2.75, 3.05) is 23.4 Å². The number of fused-ring (bicyclic) bond motifs is 2. The minimum Gasteiger partial charge on any atom is -0.432 e. The Bertz CT molecular complexity index is 1160. The van der Waals surface area contributed by atoms with E-state index in [0.29, 0.717) is 43.7 Å². The van der Waals surface area contributed by atoms with Crippen molar-refractivity contribution in [3.63, 3.8) is 0 Å². The summed E-state index contributed by atoms with van der Waals surface area (Å²) >= 11 is 0. The van der Waals surface area contributed by atoms with E-state index in [9.17, 15) is 14.4 Å². The summed E-state index contributed by atoms with van der Waals surface area (Å²) in [6.45, 7) is 6.99. The molecular weight excluding hydrogens is 478 g/mol. The average Bonchev–Trinajstić information content (AvgIpc) is 3.48. The number of piperidine rings is 1. The number of anilines is 2. The van der Waals surface area contributed by atoms with Crippen LogP contribution in [0.3, 0.4) is 0 Å². The van der Waals surface area contributed by atoms with Gasteiger partial charge in [-0.25, -0.2) is 0 Å². The highest BCUT2D eigenvalue weighted by molar-refractivity contribution is 6.71. The molecular formula is C25H35N5O5Si. The van der Waals surface area contributed by atoms with Gasteiger partial charge in [0, 0.05) is 67.1 Å². The Morgan fingerprint density at radius 2 is 2.08 bits per heavy atom. The minimum absolute atomic E-state index is 0.0103. The third kappa shape index (κ3) is 4.17. The topological polar surface area (TPSA) is 130 Å². The van der Waals surface area contributed by atoms with Gasteiger partial charge >= 0.3 is 0 Å². The summed E-state index contributed by atoms with van der Waals surface area (Å²) in [7, 11) is -2.75. The van der Waals surface area contributed by atoms with Gasteiger partial charge in [-0.2, -0.15) is 0 Å². The number of benzene rings is 1. The maximum atomic E-state index is 13.6. The Balaban J connectivity index is 1.47. The summed E-state index contributed by atoms with van der Waals surface area (Å²) in [5, 5.41) is 20.4. The fourth-order valence-corrected chi connectivity index (χ4v) is 8.94. The van der Waals surface area contributed by atoms with E-state index >= 15 is 0 Å². The van der Waals surface area contributed by atoms with E-state index in [1.54, 1.807) is 15.8 Å². The first kappa shape index (κ1) is 25.1. The second-order valence-corrected chi connectivity index (χ2v) is 14.8. The first-order chi connectivity index (χ1) is 17.1. The number of aromatic nitrogens is 3. The van der Waals surface area contributed by atoms with E-state index in [1.807, 2.05) is 38.2 Å². The van der Waals surface area contributed by atoms with Crippen molar-refractivity contribution in [2.24, 2.45) is 5.92 Å². The number of carbonyl (C=O) groups is 2. The maximum Gasteiger partial charge on any atom is 0.261 e. The van der Waals surface area contributed by atoms with Crippen molar-refractivity contribution in [3.05, 3.63) is 35.7 Å². The first-order valence-corrected chi connectivity index (χ1v) is 15.8. The molecule has 5 rings (SSSR count). The summed E-state index contributed by atoms with van der Waals surface area (Å²) in [6.07, 6.45) is 4.84. The molecule has 2 fully saturated rings. The predicted octanol–water partition coefficient (Wildman–Crippen LogP) is 2.17. The molecule has 0 saturated carbocycles. The van der Waals surface area contributed by atoms with Crippen LogP contribution in [0, 0.1) is 5.92 Å². The van der Waals surface area contributed by atoms with Gasteiger partial charge in [0.05, 0.1) is 11.8 Å². The van der Waals surface area contributed by atoms with Gasteiger partial charge in [0.15, 0.2) is 13.9 Å². The van der Waals surface area contributed by atoms with E-state index in [2.05, 4.69) is 15.6 Å². The zero-order chi connectivity index (χ0) is 25.7. The molecule has 0 bridgehead atoms. The van der Waals surface area contributed by atoms with E-state index in [0.717, 1.165) is 24.1 Å². The van der Waals surface area contributed by atoms with Gasteiger partial charge in [0.25, 0.3) is 5.91 Å². The van der Waals surface area contributed by atoms with Crippen molar-refractivity contribution in [3.8, 4) is 0 Å². The molecule has 3 N–H and O–H groups in total. The highest BCUT2D eigenvalue weighted by atomic mass is 28.4. The monoisotopic (exact) mass is 513 g/mol. The Hall–Kier alpha value is -2.60. The van der Waals surface area contributed by atoms with Crippen molar-refractivity contribution in [1.82, 2.24) is 15.0 Å². The molecule has 2 aromatic rings. The van der Waals surface area contributed by atoms with Crippen molar-refractivity contribution in [2.45, 2.75) is 75.9 Å². The number of rotatable bonds is 7. The Kier molecular flexibility index (Phi) is 6.52. The molecule has 36 heavy (non-hydrogen) atoms. The fraction of sp³-hybridized carbons (Fsp3) is 0.600. The van der Waals surface area contributed by atoms with Crippen LogP contribution in [-0.2, 0) is 32.9 Å². The summed E-state index contributed by atoms with van der Waals surface area (Å²) in [4.78, 5) is 39.3. The fourth-order valence-electron chi connectivity index (χ4n) is 6.34. The molecule has 2 amide bonds. The SMILES string of the molecule is C[C@@H]1[C@@H]([Si](C)(C)O)[C@H](CCn2cc(CCO)nn2)O[C@@]12C(=O)Nc1ccc(N3CCCCC3=O)cc12. The van der Waals surface area contributed by atoms with Gasteiger partial charge < -0.3 is 24.9 Å². The van der Waals surface area contributed by atoms with E-state index < -0.39 is 13.9 Å². The Morgan fingerprint density at radius 1 is 1.28 bits per heavy atom. The second-order valence-electron chi connectivity index (χ2n) is 10.8. The maximum absolute atomic E-state index is 13.6. The molecule has 0 radical (unpaired) electrons. The first-order valence-electron chi connectivity index (χ1n) is 12.8. The molecule has 4 atom stereocenters. The Labute approximate surface area is 211 Å². The van der Waals surface area contributed by atoms with Crippen LogP contribution < -0.4 is 10.2 Å². The number of hydrogen-bond donors (Lipinski definition) is 3. The van der Waals surface area contributed by atoms with Crippen molar-refractivity contribution >= 4 is 31.5 Å². The van der Waals surface area contributed by atoms with Gasteiger partial charge in [0.2, 0.25) is 5.91 Å². The molecule has 1 aromatic carbocycles. The van der Waals surface area contributed by atoms with Crippen LogP contribution in [0.1, 0.15) is 43.9 Å². The molecule has 11 heteroatoms. The van der Waals surface area contributed by atoms with Gasteiger partial charge in [-0.3, -0.25) is 14.3 Å². The largest absolute Gasteiger partial charge is 0.432 e. The lowest BCUT2D eigenvalue weighted by Crippen LogP contribution is -2.43. The molecule has 2 saturated heterocycles. The number of amides is 2. The third-order valence-corrected chi connectivity index (χ3v) is 10.5. The summed E-state index contributed by atoms with van der Waals surface area (Å²) < 4.78 is 8.42. The van der Waals surface area contributed by atoms with Crippen LogP contribution in [0.25, 0.3) is 0 Å². The number of ether oxygens (including phenoxy) is 1. The number of aryl methyl sites for hydroxylation is 1. The predicted molar refractivity (Wildman–Crippen MR) is 136 cm³/mol. The summed E-state index contributed by atoms with van der Waals surface area (Å²) in [6, 6.07) is 5.67. The van der Waals surface area contributed by atoms with Gasteiger partial charge in [0.1, 0.15) is 0 Å². The quantitative estimate of drug-likeness (QED) is 0.484.